The number of piperidine rings is 3. The second-order valence-electron chi connectivity index (χ2n) is 22.0. The van der Waals surface area contributed by atoms with Crippen molar-refractivity contribution >= 4 is 0 Å². The Kier molecular flexibility index (Phi) is 12.6. The van der Waals surface area contributed by atoms with E-state index < -0.39 is 0 Å². The van der Waals surface area contributed by atoms with Crippen molar-refractivity contribution in [1.82, 2.24) is 9.80 Å². The summed E-state index contributed by atoms with van der Waals surface area (Å²) in [7, 11) is 2.69. The maximum Gasteiger partial charge on any atom is 0.0962 e. The van der Waals surface area contributed by atoms with Crippen LogP contribution in [-0.4, -0.2) is 77.2 Å². The first-order valence-corrected chi connectivity index (χ1v) is 19.7. The van der Waals surface area contributed by atoms with Crippen LogP contribution in [0.25, 0.3) is 0 Å². The van der Waals surface area contributed by atoms with Crippen LogP contribution < -0.4 is 0 Å². The molecule has 0 aliphatic carbocycles. The van der Waals surface area contributed by atoms with Crippen LogP contribution in [-0.2, 0) is 0 Å². The van der Waals surface area contributed by atoms with E-state index in [4.69, 9.17) is 0 Å². The van der Waals surface area contributed by atoms with Crippen molar-refractivity contribution in [2.75, 3.05) is 46.3 Å². The summed E-state index contributed by atoms with van der Waals surface area (Å²) in [5, 5.41) is 0. The van der Waals surface area contributed by atoms with E-state index in [9.17, 15) is 0 Å². The molecule has 0 aromatic carbocycles. The maximum absolute atomic E-state index is 2.77. The van der Waals surface area contributed by atoms with Gasteiger partial charge in [0.2, 0.25) is 0 Å². The van der Waals surface area contributed by atoms with E-state index >= 15 is 0 Å². The molecule has 0 aromatic heterocycles. The number of quaternary nitrogens is 1. The van der Waals surface area contributed by atoms with Gasteiger partial charge in [0.25, 0.3) is 0 Å². The van der Waals surface area contributed by atoms with E-state index in [0.717, 1.165) is 17.8 Å². The molecule has 3 heterocycles. The number of nitrogens with zero attached hydrogens (tertiary/aromatic N) is 3. The summed E-state index contributed by atoms with van der Waals surface area (Å²) < 4.78 is 1.31. The summed E-state index contributed by atoms with van der Waals surface area (Å²) in [6.07, 6.45) is 16.7. The lowest BCUT2D eigenvalue weighted by Crippen LogP contribution is -2.64. The lowest BCUT2D eigenvalue weighted by Gasteiger charge is -2.55. The van der Waals surface area contributed by atoms with Crippen molar-refractivity contribution in [2.45, 2.75) is 191 Å². The zero-order valence-corrected chi connectivity index (χ0v) is 33.8. The van der Waals surface area contributed by atoms with E-state index in [2.05, 4.69) is 114 Å². The number of hydrogen-bond acceptors (Lipinski definition) is 2. The molecule has 3 rings (SSSR count). The van der Waals surface area contributed by atoms with Gasteiger partial charge in [0.05, 0.1) is 25.7 Å². The molecule has 3 aliphatic rings. The summed E-state index contributed by atoms with van der Waals surface area (Å²) in [4.78, 5) is 5.50. The van der Waals surface area contributed by atoms with Gasteiger partial charge < -0.3 is 4.48 Å². The lowest BCUT2D eigenvalue weighted by atomic mass is 9.67. The molecular weight excluding hydrogens is 546 g/mol. The molecule has 3 heteroatoms. The fraction of sp³-hybridized carbons (Fsp3) is 1.00. The van der Waals surface area contributed by atoms with Crippen LogP contribution in [0.3, 0.4) is 0 Å². The average Bonchev–Trinajstić information content (AvgIpc) is 2.89. The monoisotopic (exact) mass is 631 g/mol. The van der Waals surface area contributed by atoms with Crippen molar-refractivity contribution in [3.05, 3.63) is 0 Å². The van der Waals surface area contributed by atoms with Crippen LogP contribution >= 0.6 is 0 Å². The predicted molar refractivity (Wildman–Crippen MR) is 200 cm³/mol. The molecule has 3 fully saturated rings. The molecule has 0 saturated carbocycles. The topological polar surface area (TPSA) is 6.48 Å². The van der Waals surface area contributed by atoms with Gasteiger partial charge in [0.15, 0.2) is 0 Å². The molecule has 266 valence electrons. The van der Waals surface area contributed by atoms with Crippen LogP contribution in [0.1, 0.15) is 174 Å². The standard InChI is InChI=1S/C42H84N3/c1-37(2,3)30-35-19-17-29-45(15,33-35)42(14,25-23-41(12,13)36-20-27-43(28-21-36)38(4,5)6)24-22-40(10,11)31-34-18-16-26-44(32-34)39(7,8)9/h34-36H,16-33H2,1-15H3/q+1. The Hall–Kier alpha value is -0.120. The Bertz CT molecular complexity index is 906. The number of likely N-dealkylation sites (tertiary alicyclic amines) is 3. The first-order chi connectivity index (χ1) is 20.3. The van der Waals surface area contributed by atoms with Crippen molar-refractivity contribution in [3.63, 3.8) is 0 Å². The third kappa shape index (κ3) is 11.2. The largest absolute Gasteiger partial charge is 0.321 e. The van der Waals surface area contributed by atoms with Gasteiger partial charge in [-0.15, -0.1) is 0 Å². The van der Waals surface area contributed by atoms with E-state index in [1.54, 1.807) is 0 Å². The third-order valence-electron chi connectivity index (χ3n) is 13.6. The first-order valence-electron chi connectivity index (χ1n) is 19.7. The van der Waals surface area contributed by atoms with Crippen molar-refractivity contribution in [1.29, 1.82) is 0 Å². The molecule has 3 aliphatic heterocycles. The molecule has 4 atom stereocenters. The van der Waals surface area contributed by atoms with Gasteiger partial charge >= 0.3 is 0 Å². The molecule has 0 bridgehead atoms. The first kappa shape index (κ1) is 39.3. The minimum Gasteiger partial charge on any atom is -0.321 e. The van der Waals surface area contributed by atoms with E-state index in [1.165, 1.54) is 121 Å². The highest BCUT2D eigenvalue weighted by Gasteiger charge is 2.49. The fourth-order valence-electron chi connectivity index (χ4n) is 10.1. The van der Waals surface area contributed by atoms with Gasteiger partial charge in [-0.25, -0.2) is 0 Å². The maximum atomic E-state index is 2.77. The molecule has 3 saturated heterocycles. The van der Waals surface area contributed by atoms with Gasteiger partial charge in [-0.05, 0) is 160 Å². The Balaban J connectivity index is 1.76. The van der Waals surface area contributed by atoms with Gasteiger partial charge in [-0.2, -0.15) is 0 Å². The minimum absolute atomic E-state index is 0.300. The Morgan fingerprint density at radius 1 is 0.578 bits per heavy atom. The van der Waals surface area contributed by atoms with Gasteiger partial charge in [0.1, 0.15) is 0 Å². The fourth-order valence-corrected chi connectivity index (χ4v) is 10.1. The van der Waals surface area contributed by atoms with E-state index in [0.29, 0.717) is 32.9 Å². The molecule has 4 unspecified atom stereocenters. The second kappa shape index (κ2) is 14.4. The SMILES string of the molecule is CC(C)(C)CC1CCC[N+](C)(C(C)(CCC(C)(C)CC2CCCN(C(C)(C)C)C2)CCC(C)(C)C2CCN(C(C)(C)C)CC2)C1. The Morgan fingerprint density at radius 3 is 1.69 bits per heavy atom. The van der Waals surface area contributed by atoms with Crippen LogP contribution in [0.2, 0.25) is 0 Å². The molecule has 0 amide bonds. The number of hydrogen-bond donors (Lipinski definition) is 0. The van der Waals surface area contributed by atoms with Crippen LogP contribution in [0.15, 0.2) is 0 Å². The highest BCUT2D eigenvalue weighted by atomic mass is 15.4. The summed E-state index contributed by atoms with van der Waals surface area (Å²) in [5.74, 6) is 2.58. The van der Waals surface area contributed by atoms with E-state index in [-0.39, 0.29) is 0 Å². The molecule has 0 radical (unpaired) electrons. The lowest BCUT2D eigenvalue weighted by molar-refractivity contribution is -0.966. The highest BCUT2D eigenvalue weighted by Crippen LogP contribution is 2.47. The van der Waals surface area contributed by atoms with Gasteiger partial charge in [0, 0.05) is 36.4 Å². The predicted octanol–water partition coefficient (Wildman–Crippen LogP) is 11.1. The smallest absolute Gasteiger partial charge is 0.0962 e. The molecule has 0 aromatic rings. The second-order valence-corrected chi connectivity index (χ2v) is 22.0. The highest BCUT2D eigenvalue weighted by molar-refractivity contribution is 4.92. The van der Waals surface area contributed by atoms with E-state index in [1.807, 2.05) is 0 Å². The van der Waals surface area contributed by atoms with Crippen molar-refractivity contribution in [2.24, 2.45) is 34.0 Å². The summed E-state index contributed by atoms with van der Waals surface area (Å²) >= 11 is 0. The average molecular weight is 631 g/mol. The Labute approximate surface area is 284 Å². The zero-order valence-electron chi connectivity index (χ0n) is 33.8. The van der Waals surface area contributed by atoms with Crippen molar-refractivity contribution < 1.29 is 4.48 Å². The normalized spacial score (nSPS) is 29.1. The molecule has 0 spiro atoms. The summed E-state index contributed by atoms with van der Waals surface area (Å²) in [5.41, 5.74) is 2.20. The Morgan fingerprint density at radius 2 is 1.13 bits per heavy atom. The van der Waals surface area contributed by atoms with Crippen LogP contribution in [0, 0.1) is 34.0 Å². The zero-order chi connectivity index (χ0) is 34.1. The molecule has 0 N–H and O–H groups in total. The van der Waals surface area contributed by atoms with Crippen molar-refractivity contribution in [3.8, 4) is 0 Å². The van der Waals surface area contributed by atoms with Gasteiger partial charge in [-0.3, -0.25) is 9.80 Å². The molecule has 45 heavy (non-hydrogen) atoms. The molecule has 3 nitrogen and oxygen atoms in total. The van der Waals surface area contributed by atoms with Gasteiger partial charge in [-0.1, -0.05) is 48.5 Å². The quantitative estimate of drug-likeness (QED) is 0.210. The third-order valence-corrected chi connectivity index (χ3v) is 13.6. The molecular formula is C42H84N3+. The van der Waals surface area contributed by atoms with Crippen LogP contribution in [0.4, 0.5) is 0 Å². The number of rotatable bonds is 11. The summed E-state index contributed by atoms with van der Waals surface area (Å²) in [6.45, 7) is 43.0. The summed E-state index contributed by atoms with van der Waals surface area (Å²) in [6, 6.07) is 0. The van der Waals surface area contributed by atoms with Crippen LogP contribution in [0.5, 0.6) is 0 Å². The minimum atomic E-state index is 0.300.